The minimum Gasteiger partial charge on any atom is -0.465 e. The lowest BCUT2D eigenvalue weighted by Crippen LogP contribution is -2.08. The molecule has 0 aromatic heterocycles. The third-order valence-corrected chi connectivity index (χ3v) is 1.54. The molecule has 0 radical (unpaired) electrons. The van der Waals surface area contributed by atoms with Gasteiger partial charge >= 0.3 is 11.9 Å². The van der Waals surface area contributed by atoms with E-state index in [-0.39, 0.29) is 11.3 Å². The van der Waals surface area contributed by atoms with Crippen molar-refractivity contribution < 1.29 is 24.1 Å². The smallest absolute Gasteiger partial charge is 0.352 e. The molecule has 0 saturated carbocycles. The van der Waals surface area contributed by atoms with Gasteiger partial charge in [-0.25, -0.2) is 9.59 Å². The van der Waals surface area contributed by atoms with E-state index in [1.54, 1.807) is 12.1 Å². The van der Waals surface area contributed by atoms with Crippen molar-refractivity contribution in [3.05, 3.63) is 29.8 Å². The second kappa shape index (κ2) is 4.99. The molecule has 80 valence electrons. The summed E-state index contributed by atoms with van der Waals surface area (Å²) < 4.78 is 4.52. The molecular weight excluding hydrogens is 200 g/mol. The van der Waals surface area contributed by atoms with Gasteiger partial charge in [0, 0.05) is 6.92 Å². The Hall–Kier alpha value is -2.04. The molecule has 0 aliphatic heterocycles. The van der Waals surface area contributed by atoms with Crippen LogP contribution in [0.5, 0.6) is 5.75 Å². The van der Waals surface area contributed by atoms with Crippen molar-refractivity contribution in [3.8, 4) is 5.75 Å². The Bertz CT molecular complexity index is 372. The van der Waals surface area contributed by atoms with E-state index in [0.717, 1.165) is 0 Å². The van der Waals surface area contributed by atoms with Crippen LogP contribution in [0.1, 0.15) is 17.3 Å². The number of para-hydroxylation sites is 1. The quantitative estimate of drug-likeness (QED) is 0.428. The number of hydrogen-bond acceptors (Lipinski definition) is 5. The van der Waals surface area contributed by atoms with Crippen LogP contribution in [-0.2, 0) is 14.4 Å². The van der Waals surface area contributed by atoms with Crippen LogP contribution in [0.15, 0.2) is 24.3 Å². The van der Waals surface area contributed by atoms with Crippen molar-refractivity contribution in [2.24, 2.45) is 0 Å². The van der Waals surface area contributed by atoms with Crippen molar-refractivity contribution in [2.75, 3.05) is 7.11 Å². The molecule has 1 rings (SSSR count). The summed E-state index contributed by atoms with van der Waals surface area (Å²) >= 11 is 0. The first-order valence-corrected chi connectivity index (χ1v) is 4.17. The topological polar surface area (TPSA) is 61.8 Å². The number of rotatable bonds is 3. The van der Waals surface area contributed by atoms with Crippen molar-refractivity contribution in [1.29, 1.82) is 0 Å². The summed E-state index contributed by atoms with van der Waals surface area (Å²) in [6.45, 7) is 1.20. The summed E-state index contributed by atoms with van der Waals surface area (Å²) in [5.74, 6) is -1.02. The van der Waals surface area contributed by atoms with Crippen LogP contribution in [0, 0.1) is 0 Å². The van der Waals surface area contributed by atoms with Crippen molar-refractivity contribution in [2.45, 2.75) is 6.92 Å². The molecule has 0 fully saturated rings. The number of carbonyl (C=O) groups is 2. The lowest BCUT2D eigenvalue weighted by Gasteiger charge is -2.06. The number of esters is 1. The highest BCUT2D eigenvalue weighted by atomic mass is 17.2. The Labute approximate surface area is 86.5 Å². The summed E-state index contributed by atoms with van der Waals surface area (Å²) in [5, 5.41) is 0. The molecule has 5 heteroatoms. The molecule has 5 nitrogen and oxygen atoms in total. The fourth-order valence-electron chi connectivity index (χ4n) is 0.921. The van der Waals surface area contributed by atoms with Crippen LogP contribution in [0.3, 0.4) is 0 Å². The molecule has 0 unspecified atom stereocenters. The van der Waals surface area contributed by atoms with Crippen molar-refractivity contribution >= 4 is 11.9 Å². The lowest BCUT2D eigenvalue weighted by molar-refractivity contribution is -0.211. The molecule has 0 N–H and O–H groups in total. The van der Waals surface area contributed by atoms with Crippen LogP contribution in [0.2, 0.25) is 0 Å². The zero-order valence-corrected chi connectivity index (χ0v) is 8.35. The molecule has 0 atom stereocenters. The minimum atomic E-state index is -0.602. The third-order valence-electron chi connectivity index (χ3n) is 1.54. The monoisotopic (exact) mass is 210 g/mol. The van der Waals surface area contributed by atoms with Gasteiger partial charge in [-0.1, -0.05) is 12.1 Å². The van der Waals surface area contributed by atoms with E-state index >= 15 is 0 Å². The van der Waals surface area contributed by atoms with Gasteiger partial charge in [0.25, 0.3) is 0 Å². The SMILES string of the molecule is COC(=O)c1ccccc1OOC(C)=O. The van der Waals surface area contributed by atoms with E-state index < -0.39 is 11.9 Å². The van der Waals surface area contributed by atoms with Crippen molar-refractivity contribution in [1.82, 2.24) is 0 Å². The number of methoxy groups -OCH3 is 1. The highest BCUT2D eigenvalue weighted by molar-refractivity contribution is 5.92. The highest BCUT2D eigenvalue weighted by Gasteiger charge is 2.13. The Morgan fingerprint density at radius 1 is 1.20 bits per heavy atom. The van der Waals surface area contributed by atoms with Crippen LogP contribution in [0.25, 0.3) is 0 Å². The second-order valence-electron chi connectivity index (χ2n) is 2.65. The van der Waals surface area contributed by atoms with Gasteiger partial charge in [-0.05, 0) is 12.1 Å². The highest BCUT2D eigenvalue weighted by Crippen LogP contribution is 2.18. The Morgan fingerprint density at radius 2 is 1.87 bits per heavy atom. The molecule has 0 amide bonds. The fraction of sp³-hybridized carbons (Fsp3) is 0.200. The van der Waals surface area contributed by atoms with Gasteiger partial charge in [0.1, 0.15) is 5.56 Å². The average Bonchev–Trinajstić information content (AvgIpc) is 2.25. The van der Waals surface area contributed by atoms with Gasteiger partial charge in [-0.2, -0.15) is 0 Å². The van der Waals surface area contributed by atoms with E-state index in [1.165, 1.54) is 26.2 Å². The Morgan fingerprint density at radius 3 is 2.47 bits per heavy atom. The number of hydrogen-bond donors (Lipinski definition) is 0. The number of carbonyl (C=O) groups excluding carboxylic acids is 2. The first kappa shape index (κ1) is 11.0. The molecule has 0 spiro atoms. The maximum atomic E-state index is 11.2. The van der Waals surface area contributed by atoms with Gasteiger partial charge < -0.3 is 4.74 Å². The number of ether oxygens (including phenoxy) is 1. The summed E-state index contributed by atoms with van der Waals surface area (Å²) in [5.41, 5.74) is 0.196. The normalized spacial score (nSPS) is 9.20. The van der Waals surface area contributed by atoms with Crippen LogP contribution in [0.4, 0.5) is 0 Å². The van der Waals surface area contributed by atoms with Crippen LogP contribution in [-0.4, -0.2) is 19.0 Å². The fourth-order valence-corrected chi connectivity index (χ4v) is 0.921. The van der Waals surface area contributed by atoms with Crippen molar-refractivity contribution in [3.63, 3.8) is 0 Å². The molecular formula is C10H10O5. The Balaban J connectivity index is 2.86. The molecule has 15 heavy (non-hydrogen) atoms. The summed E-state index contributed by atoms with van der Waals surface area (Å²) in [6.07, 6.45) is 0. The van der Waals surface area contributed by atoms with Gasteiger partial charge in [-0.15, -0.1) is 0 Å². The van der Waals surface area contributed by atoms with Gasteiger partial charge in [0.05, 0.1) is 7.11 Å². The summed E-state index contributed by atoms with van der Waals surface area (Å²) in [4.78, 5) is 30.7. The molecule has 1 aromatic carbocycles. The van der Waals surface area contributed by atoms with E-state index in [0.29, 0.717) is 0 Å². The van der Waals surface area contributed by atoms with Gasteiger partial charge in [0.2, 0.25) is 0 Å². The third kappa shape index (κ3) is 2.98. The predicted molar refractivity (Wildman–Crippen MR) is 50.2 cm³/mol. The molecule has 0 heterocycles. The molecule has 0 aliphatic carbocycles. The van der Waals surface area contributed by atoms with E-state index in [1.807, 2.05) is 0 Å². The molecule has 1 aromatic rings. The van der Waals surface area contributed by atoms with E-state index in [4.69, 9.17) is 0 Å². The molecule has 0 saturated heterocycles. The summed E-state index contributed by atoms with van der Waals surface area (Å²) in [7, 11) is 1.25. The van der Waals surface area contributed by atoms with E-state index in [2.05, 4.69) is 14.5 Å². The first-order valence-electron chi connectivity index (χ1n) is 4.17. The maximum absolute atomic E-state index is 11.2. The molecule has 0 bridgehead atoms. The Kier molecular flexibility index (Phi) is 3.68. The second-order valence-corrected chi connectivity index (χ2v) is 2.65. The van der Waals surface area contributed by atoms with E-state index in [9.17, 15) is 9.59 Å². The van der Waals surface area contributed by atoms with Crippen LogP contribution >= 0.6 is 0 Å². The minimum absolute atomic E-state index is 0.138. The summed E-state index contributed by atoms with van der Waals surface area (Å²) in [6, 6.07) is 6.29. The average molecular weight is 210 g/mol. The predicted octanol–water partition coefficient (Wildman–Crippen LogP) is 1.33. The lowest BCUT2D eigenvalue weighted by atomic mass is 10.2. The largest absolute Gasteiger partial charge is 0.465 e. The maximum Gasteiger partial charge on any atom is 0.352 e. The van der Waals surface area contributed by atoms with Gasteiger partial charge in [0.15, 0.2) is 5.75 Å². The first-order chi connectivity index (χ1) is 7.15. The zero-order chi connectivity index (χ0) is 11.3. The van der Waals surface area contributed by atoms with Crippen LogP contribution < -0.4 is 4.89 Å². The standard InChI is InChI=1S/C10H10O5/c1-7(11)14-15-9-6-4-3-5-8(9)10(12)13-2/h3-6H,1-2H3. The zero-order valence-electron chi connectivity index (χ0n) is 8.35. The number of benzene rings is 1. The molecule has 0 aliphatic rings. The van der Waals surface area contributed by atoms with Gasteiger partial charge in [-0.3, -0.25) is 9.78 Å².